The number of carbonyl (C=O) groups is 1. The molecule has 0 saturated heterocycles. The number of para-hydroxylation sites is 1. The predicted molar refractivity (Wildman–Crippen MR) is 82.7 cm³/mol. The van der Waals surface area contributed by atoms with E-state index in [2.05, 4.69) is 0 Å². The van der Waals surface area contributed by atoms with Crippen molar-refractivity contribution in [1.82, 2.24) is 4.57 Å². The highest BCUT2D eigenvalue weighted by Crippen LogP contribution is 2.22. The highest BCUT2D eigenvalue weighted by Gasteiger charge is 2.12. The highest BCUT2D eigenvalue weighted by atomic mass is 35.5. The lowest BCUT2D eigenvalue weighted by molar-refractivity contribution is 0.0974. The molecule has 0 atom stereocenters. The molecule has 2 nitrogen and oxygen atoms in total. The van der Waals surface area contributed by atoms with Gasteiger partial charge in [-0.2, -0.15) is 0 Å². The van der Waals surface area contributed by atoms with Crippen LogP contribution in [-0.2, 0) is 6.54 Å². The Labute approximate surface area is 126 Å². The molecule has 1 aromatic heterocycles. The third kappa shape index (κ3) is 2.45. The average Bonchev–Trinajstić information content (AvgIpc) is 2.82. The zero-order chi connectivity index (χ0) is 14.1. The minimum atomic E-state index is -0.0342. The van der Waals surface area contributed by atoms with Gasteiger partial charge in [0.05, 0.1) is 11.6 Å². The van der Waals surface area contributed by atoms with E-state index in [0.717, 1.165) is 10.9 Å². The molecule has 0 amide bonds. The Kier molecular flexibility index (Phi) is 3.51. The SMILES string of the molecule is O=C(Cn1ccc2ccccc21)c1ccc(Cl)cc1Cl. The number of nitrogens with zero attached hydrogens (tertiary/aromatic N) is 1. The van der Waals surface area contributed by atoms with Crippen LogP contribution < -0.4 is 0 Å². The number of ketones is 1. The number of Topliss-reactive ketones (excluding diaryl/α,β-unsaturated/α-hetero) is 1. The van der Waals surface area contributed by atoms with Crippen LogP contribution in [0, 0.1) is 0 Å². The molecular formula is C16H11Cl2NO. The van der Waals surface area contributed by atoms with Crippen molar-refractivity contribution >= 4 is 39.9 Å². The molecule has 0 saturated carbocycles. The Balaban J connectivity index is 1.92. The van der Waals surface area contributed by atoms with Gasteiger partial charge in [-0.3, -0.25) is 4.79 Å². The van der Waals surface area contributed by atoms with Crippen LogP contribution in [0.2, 0.25) is 10.0 Å². The maximum absolute atomic E-state index is 12.3. The zero-order valence-corrected chi connectivity index (χ0v) is 12.0. The highest BCUT2D eigenvalue weighted by molar-refractivity contribution is 6.36. The van der Waals surface area contributed by atoms with Crippen molar-refractivity contribution < 1.29 is 4.79 Å². The maximum Gasteiger partial charge on any atom is 0.183 e. The first-order valence-corrected chi connectivity index (χ1v) is 6.93. The number of halogens is 2. The lowest BCUT2D eigenvalue weighted by Gasteiger charge is -2.07. The Bertz CT molecular complexity index is 792. The van der Waals surface area contributed by atoms with Crippen molar-refractivity contribution in [3.05, 3.63) is 70.3 Å². The molecule has 100 valence electrons. The average molecular weight is 304 g/mol. The third-order valence-corrected chi connectivity index (χ3v) is 3.77. The van der Waals surface area contributed by atoms with Crippen LogP contribution in [-0.4, -0.2) is 10.4 Å². The Morgan fingerprint density at radius 3 is 2.65 bits per heavy atom. The van der Waals surface area contributed by atoms with Crippen LogP contribution in [0.4, 0.5) is 0 Å². The van der Waals surface area contributed by atoms with Gasteiger partial charge in [0.15, 0.2) is 5.78 Å². The third-order valence-electron chi connectivity index (χ3n) is 3.23. The van der Waals surface area contributed by atoms with Crippen LogP contribution in [0.3, 0.4) is 0 Å². The quantitative estimate of drug-likeness (QED) is 0.635. The van der Waals surface area contributed by atoms with Crippen LogP contribution in [0.25, 0.3) is 10.9 Å². The van der Waals surface area contributed by atoms with E-state index < -0.39 is 0 Å². The van der Waals surface area contributed by atoms with Crippen LogP contribution in [0.1, 0.15) is 10.4 Å². The summed E-state index contributed by atoms with van der Waals surface area (Å²) in [6, 6.07) is 14.9. The second-order valence-electron chi connectivity index (χ2n) is 4.55. The largest absolute Gasteiger partial charge is 0.340 e. The molecule has 0 aliphatic rings. The van der Waals surface area contributed by atoms with Gasteiger partial charge in [-0.15, -0.1) is 0 Å². The maximum atomic E-state index is 12.3. The topological polar surface area (TPSA) is 22.0 Å². The van der Waals surface area contributed by atoms with Crippen molar-refractivity contribution in [1.29, 1.82) is 0 Å². The predicted octanol–water partition coefficient (Wildman–Crippen LogP) is 4.83. The van der Waals surface area contributed by atoms with Gasteiger partial charge in [0.2, 0.25) is 0 Å². The van der Waals surface area contributed by atoms with Crippen molar-refractivity contribution in [2.75, 3.05) is 0 Å². The summed E-state index contributed by atoms with van der Waals surface area (Å²) in [5, 5.41) is 2.03. The fourth-order valence-corrected chi connectivity index (χ4v) is 2.75. The summed E-state index contributed by atoms with van der Waals surface area (Å²) in [7, 11) is 0. The Hall–Kier alpha value is -1.77. The minimum Gasteiger partial charge on any atom is -0.340 e. The van der Waals surface area contributed by atoms with Crippen molar-refractivity contribution in [3.63, 3.8) is 0 Å². The fourth-order valence-electron chi connectivity index (χ4n) is 2.23. The number of hydrogen-bond acceptors (Lipinski definition) is 1. The number of hydrogen-bond donors (Lipinski definition) is 0. The second-order valence-corrected chi connectivity index (χ2v) is 5.39. The first-order chi connectivity index (χ1) is 9.65. The Morgan fingerprint density at radius 1 is 1.05 bits per heavy atom. The first kappa shape index (κ1) is 13.2. The summed E-state index contributed by atoms with van der Waals surface area (Å²) in [5.41, 5.74) is 1.53. The standard InChI is InChI=1S/C16H11Cl2NO/c17-12-5-6-13(14(18)9-12)16(20)10-19-8-7-11-3-1-2-4-15(11)19/h1-9H,10H2. The molecule has 0 radical (unpaired) electrons. The summed E-state index contributed by atoms with van der Waals surface area (Å²) >= 11 is 11.9. The second kappa shape index (κ2) is 5.31. The summed E-state index contributed by atoms with van der Waals surface area (Å²) in [4.78, 5) is 12.3. The van der Waals surface area contributed by atoms with E-state index in [1.54, 1.807) is 18.2 Å². The van der Waals surface area contributed by atoms with E-state index in [0.29, 0.717) is 15.6 Å². The minimum absolute atomic E-state index is 0.0342. The van der Waals surface area contributed by atoms with Gasteiger partial charge in [0.25, 0.3) is 0 Å². The summed E-state index contributed by atoms with van der Waals surface area (Å²) in [5.74, 6) is -0.0342. The summed E-state index contributed by atoms with van der Waals surface area (Å²) in [6.07, 6.45) is 1.91. The number of rotatable bonds is 3. The van der Waals surface area contributed by atoms with Gasteiger partial charge in [-0.05, 0) is 35.7 Å². The van der Waals surface area contributed by atoms with Crippen molar-refractivity contribution in [2.24, 2.45) is 0 Å². The number of fused-ring (bicyclic) bond motifs is 1. The van der Waals surface area contributed by atoms with Crippen LogP contribution in [0.5, 0.6) is 0 Å². The summed E-state index contributed by atoms with van der Waals surface area (Å²) < 4.78 is 1.92. The molecule has 0 N–H and O–H groups in total. The van der Waals surface area contributed by atoms with Gasteiger partial charge < -0.3 is 4.57 Å². The Morgan fingerprint density at radius 2 is 1.85 bits per heavy atom. The molecule has 0 unspecified atom stereocenters. The van der Waals surface area contributed by atoms with E-state index in [-0.39, 0.29) is 12.3 Å². The molecular weight excluding hydrogens is 293 g/mol. The zero-order valence-electron chi connectivity index (χ0n) is 10.5. The molecule has 3 aromatic rings. The normalized spacial score (nSPS) is 10.9. The van der Waals surface area contributed by atoms with Crippen LogP contribution >= 0.6 is 23.2 Å². The smallest absolute Gasteiger partial charge is 0.183 e. The molecule has 4 heteroatoms. The molecule has 0 aliphatic heterocycles. The number of benzene rings is 2. The molecule has 0 fully saturated rings. The monoisotopic (exact) mass is 303 g/mol. The molecule has 1 heterocycles. The van der Waals surface area contributed by atoms with E-state index in [1.807, 2.05) is 41.1 Å². The summed E-state index contributed by atoms with van der Waals surface area (Å²) in [6.45, 7) is 0.259. The molecule has 0 spiro atoms. The van der Waals surface area contributed by atoms with E-state index in [4.69, 9.17) is 23.2 Å². The van der Waals surface area contributed by atoms with Gasteiger partial charge in [0, 0.05) is 22.3 Å². The lowest BCUT2D eigenvalue weighted by Crippen LogP contribution is -2.10. The number of carbonyl (C=O) groups excluding carboxylic acids is 1. The lowest BCUT2D eigenvalue weighted by atomic mass is 10.1. The van der Waals surface area contributed by atoms with E-state index >= 15 is 0 Å². The van der Waals surface area contributed by atoms with Gasteiger partial charge in [0.1, 0.15) is 0 Å². The number of aromatic nitrogens is 1. The van der Waals surface area contributed by atoms with E-state index in [9.17, 15) is 4.79 Å². The van der Waals surface area contributed by atoms with Gasteiger partial charge in [-0.25, -0.2) is 0 Å². The molecule has 2 aromatic carbocycles. The molecule has 3 rings (SSSR count). The fraction of sp³-hybridized carbons (Fsp3) is 0.0625. The molecule has 0 aliphatic carbocycles. The van der Waals surface area contributed by atoms with E-state index in [1.165, 1.54) is 0 Å². The van der Waals surface area contributed by atoms with Gasteiger partial charge >= 0.3 is 0 Å². The molecule has 20 heavy (non-hydrogen) atoms. The van der Waals surface area contributed by atoms with Crippen molar-refractivity contribution in [2.45, 2.75) is 6.54 Å². The molecule has 0 bridgehead atoms. The van der Waals surface area contributed by atoms with Gasteiger partial charge in [-0.1, -0.05) is 41.4 Å². The van der Waals surface area contributed by atoms with Crippen molar-refractivity contribution in [3.8, 4) is 0 Å². The van der Waals surface area contributed by atoms with Crippen LogP contribution in [0.15, 0.2) is 54.7 Å². The first-order valence-electron chi connectivity index (χ1n) is 6.17.